The Hall–Kier alpha value is -1.35. The van der Waals surface area contributed by atoms with Crippen molar-refractivity contribution in [2.75, 3.05) is 13.2 Å². The van der Waals surface area contributed by atoms with Gasteiger partial charge in [-0.05, 0) is 12.1 Å². The molecule has 3 rings (SSSR count). The Kier molecular flexibility index (Phi) is 4.50. The van der Waals surface area contributed by atoms with Gasteiger partial charge in [-0.25, -0.2) is 4.39 Å². The summed E-state index contributed by atoms with van der Waals surface area (Å²) >= 11 is 11.8. The number of ether oxygens (including phenoxy) is 2. The molecule has 0 radical (unpaired) electrons. The Balaban J connectivity index is 2.15. The van der Waals surface area contributed by atoms with Crippen LogP contribution in [0.15, 0.2) is 12.1 Å². The fourth-order valence-corrected chi connectivity index (χ4v) is 3.05. The van der Waals surface area contributed by atoms with Crippen molar-refractivity contribution < 1.29 is 27.0 Å². The minimum absolute atomic E-state index is 0.0336. The number of alkyl halides is 3. The predicted octanol–water partition coefficient (Wildman–Crippen LogP) is 4.60. The highest BCUT2D eigenvalue weighted by molar-refractivity contribution is 6.34. The average Bonchev–Trinajstić information content (AvgIpc) is 3.06. The quantitative estimate of drug-likeness (QED) is 0.710. The Morgan fingerprint density at radius 3 is 2.38 bits per heavy atom. The first-order valence-corrected chi connectivity index (χ1v) is 7.48. The van der Waals surface area contributed by atoms with Crippen LogP contribution in [0, 0.1) is 5.82 Å². The molecule has 0 aliphatic carbocycles. The fraction of sp³-hybridized carbons (Fsp3) is 0.357. The van der Waals surface area contributed by atoms with E-state index in [1.807, 2.05) is 0 Å². The van der Waals surface area contributed by atoms with Gasteiger partial charge >= 0.3 is 6.18 Å². The number of nitrogens with zero attached hydrogens (tertiary/aromatic N) is 2. The van der Waals surface area contributed by atoms with Gasteiger partial charge in [-0.15, -0.1) is 0 Å². The van der Waals surface area contributed by atoms with Crippen LogP contribution in [0.1, 0.15) is 17.5 Å². The number of hydrogen-bond acceptors (Lipinski definition) is 3. The lowest BCUT2D eigenvalue weighted by Gasteiger charge is -2.13. The van der Waals surface area contributed by atoms with E-state index < -0.39 is 29.0 Å². The van der Waals surface area contributed by atoms with Crippen LogP contribution in [0.3, 0.4) is 0 Å². The summed E-state index contributed by atoms with van der Waals surface area (Å²) in [6, 6.07) is 2.21. The van der Waals surface area contributed by atoms with Crippen LogP contribution in [0.25, 0.3) is 11.3 Å². The van der Waals surface area contributed by atoms with Crippen molar-refractivity contribution in [3.63, 3.8) is 0 Å². The second-order valence-electron chi connectivity index (χ2n) is 5.06. The standard InChI is InChI=1S/C14H10Cl2F4N2O2/c1-22-12(14(18,19)20)10(16)11(21-22)7-4-6(8(15)5-9(7)17)13-23-2-3-24-13/h4-5,13H,2-3H2,1H3. The lowest BCUT2D eigenvalue weighted by atomic mass is 10.1. The number of aromatic nitrogens is 2. The normalized spacial score (nSPS) is 16.1. The van der Waals surface area contributed by atoms with Gasteiger partial charge in [0.2, 0.25) is 0 Å². The van der Waals surface area contributed by atoms with Crippen molar-refractivity contribution in [1.29, 1.82) is 0 Å². The monoisotopic (exact) mass is 384 g/mol. The molecule has 0 atom stereocenters. The van der Waals surface area contributed by atoms with E-state index in [9.17, 15) is 17.6 Å². The van der Waals surface area contributed by atoms with Crippen molar-refractivity contribution in [3.05, 3.63) is 39.3 Å². The molecule has 1 fully saturated rings. The number of benzene rings is 1. The molecule has 4 nitrogen and oxygen atoms in total. The molecule has 2 aromatic rings. The van der Waals surface area contributed by atoms with Gasteiger partial charge in [0.25, 0.3) is 0 Å². The molecule has 0 N–H and O–H groups in total. The third-order valence-corrected chi connectivity index (χ3v) is 4.16. The maximum absolute atomic E-state index is 14.3. The Morgan fingerprint density at radius 1 is 1.21 bits per heavy atom. The number of hydrogen-bond donors (Lipinski definition) is 0. The van der Waals surface area contributed by atoms with Crippen molar-refractivity contribution in [2.45, 2.75) is 12.5 Å². The Morgan fingerprint density at radius 2 is 1.83 bits per heavy atom. The van der Waals surface area contributed by atoms with Gasteiger partial charge < -0.3 is 9.47 Å². The van der Waals surface area contributed by atoms with E-state index >= 15 is 0 Å². The molecule has 1 aromatic carbocycles. The van der Waals surface area contributed by atoms with Crippen molar-refractivity contribution in [2.24, 2.45) is 7.05 Å². The smallest absolute Gasteiger partial charge is 0.346 e. The summed E-state index contributed by atoms with van der Waals surface area (Å²) in [5.74, 6) is -0.851. The molecule has 10 heteroatoms. The van der Waals surface area contributed by atoms with E-state index in [1.54, 1.807) is 0 Å². The molecule has 24 heavy (non-hydrogen) atoms. The van der Waals surface area contributed by atoms with Crippen LogP contribution in [0.4, 0.5) is 17.6 Å². The minimum Gasteiger partial charge on any atom is -0.346 e. The van der Waals surface area contributed by atoms with Crippen LogP contribution in [-0.4, -0.2) is 23.0 Å². The molecule has 0 saturated carbocycles. The van der Waals surface area contributed by atoms with Crippen molar-refractivity contribution in [3.8, 4) is 11.3 Å². The Labute approximate surface area is 143 Å². The lowest BCUT2D eigenvalue weighted by molar-refractivity contribution is -0.143. The van der Waals surface area contributed by atoms with E-state index in [0.29, 0.717) is 23.5 Å². The summed E-state index contributed by atoms with van der Waals surface area (Å²) in [7, 11) is 1.08. The molecular formula is C14H10Cl2F4N2O2. The SMILES string of the molecule is Cn1nc(-c2cc(C3OCCO3)c(Cl)cc2F)c(Cl)c1C(F)(F)F. The first kappa shape index (κ1) is 17.5. The summed E-state index contributed by atoms with van der Waals surface area (Å²) in [5.41, 5.74) is -1.42. The summed E-state index contributed by atoms with van der Waals surface area (Å²) in [6.45, 7) is 0.659. The molecule has 0 spiro atoms. The predicted molar refractivity (Wildman–Crippen MR) is 78.3 cm³/mol. The second kappa shape index (κ2) is 6.18. The van der Waals surface area contributed by atoms with Crippen LogP contribution in [0.5, 0.6) is 0 Å². The van der Waals surface area contributed by atoms with Gasteiger partial charge in [0.1, 0.15) is 11.5 Å². The molecule has 0 bridgehead atoms. The van der Waals surface area contributed by atoms with Crippen molar-refractivity contribution in [1.82, 2.24) is 9.78 Å². The van der Waals surface area contributed by atoms with E-state index in [0.717, 1.165) is 13.1 Å². The highest BCUT2D eigenvalue weighted by Crippen LogP contribution is 2.42. The van der Waals surface area contributed by atoms with Crippen LogP contribution >= 0.6 is 23.2 Å². The first-order chi connectivity index (χ1) is 11.2. The van der Waals surface area contributed by atoms with Gasteiger partial charge in [-0.1, -0.05) is 23.2 Å². The molecule has 0 unspecified atom stereocenters. The number of aryl methyl sites for hydroxylation is 1. The van der Waals surface area contributed by atoms with Gasteiger partial charge in [0.15, 0.2) is 12.0 Å². The molecule has 130 valence electrons. The number of halogens is 6. The summed E-state index contributed by atoms with van der Waals surface area (Å²) in [6.07, 6.45) is -5.54. The van der Waals surface area contributed by atoms with Gasteiger partial charge in [-0.3, -0.25) is 4.68 Å². The maximum Gasteiger partial charge on any atom is 0.434 e. The molecule has 1 saturated heterocycles. The summed E-state index contributed by atoms with van der Waals surface area (Å²) in [5, 5.41) is 3.05. The topological polar surface area (TPSA) is 36.3 Å². The third-order valence-electron chi connectivity index (χ3n) is 3.48. The fourth-order valence-electron chi connectivity index (χ4n) is 2.44. The minimum atomic E-state index is -4.72. The van der Waals surface area contributed by atoms with E-state index in [4.69, 9.17) is 32.7 Å². The zero-order valence-electron chi connectivity index (χ0n) is 12.1. The van der Waals surface area contributed by atoms with E-state index in [-0.39, 0.29) is 16.3 Å². The zero-order chi connectivity index (χ0) is 17.6. The molecule has 2 heterocycles. The molecular weight excluding hydrogens is 375 g/mol. The summed E-state index contributed by atoms with van der Waals surface area (Å²) in [4.78, 5) is 0. The second-order valence-corrected chi connectivity index (χ2v) is 5.84. The van der Waals surface area contributed by atoms with E-state index in [1.165, 1.54) is 6.07 Å². The largest absolute Gasteiger partial charge is 0.434 e. The maximum atomic E-state index is 14.3. The molecule has 1 aliphatic rings. The highest BCUT2D eigenvalue weighted by atomic mass is 35.5. The van der Waals surface area contributed by atoms with Gasteiger partial charge in [0, 0.05) is 18.2 Å². The highest BCUT2D eigenvalue weighted by Gasteiger charge is 2.39. The Bertz CT molecular complexity index is 786. The number of rotatable bonds is 2. The lowest BCUT2D eigenvalue weighted by Crippen LogP contribution is -2.12. The first-order valence-electron chi connectivity index (χ1n) is 6.72. The molecule has 1 aliphatic heterocycles. The zero-order valence-corrected chi connectivity index (χ0v) is 13.6. The van der Waals surface area contributed by atoms with Crippen LogP contribution in [-0.2, 0) is 22.7 Å². The van der Waals surface area contributed by atoms with Gasteiger partial charge in [-0.2, -0.15) is 18.3 Å². The average molecular weight is 385 g/mol. The van der Waals surface area contributed by atoms with Crippen LogP contribution in [0.2, 0.25) is 10.0 Å². The van der Waals surface area contributed by atoms with Gasteiger partial charge in [0.05, 0.1) is 23.3 Å². The third kappa shape index (κ3) is 2.99. The van der Waals surface area contributed by atoms with Crippen molar-refractivity contribution >= 4 is 23.2 Å². The molecule has 0 amide bonds. The summed E-state index contributed by atoms with van der Waals surface area (Å²) < 4.78 is 64.5. The van der Waals surface area contributed by atoms with E-state index in [2.05, 4.69) is 5.10 Å². The molecule has 1 aromatic heterocycles. The van der Waals surface area contributed by atoms with Crippen LogP contribution < -0.4 is 0 Å².